The molecule has 0 spiro atoms. The number of anilines is 1. The van der Waals surface area contributed by atoms with E-state index in [1.165, 1.54) is 5.01 Å². The number of methoxy groups -OCH3 is 2. The zero-order valence-electron chi connectivity index (χ0n) is 20.0. The summed E-state index contributed by atoms with van der Waals surface area (Å²) < 4.78 is 10.8. The highest BCUT2D eigenvalue weighted by atomic mass is 16.5. The van der Waals surface area contributed by atoms with E-state index in [2.05, 4.69) is 17.2 Å². The molecule has 8 nitrogen and oxygen atoms in total. The molecule has 2 heterocycles. The van der Waals surface area contributed by atoms with Crippen LogP contribution in [0.15, 0.2) is 72.1 Å². The largest absolute Gasteiger partial charge is 0.493 e. The first-order valence-electron chi connectivity index (χ1n) is 11.4. The molecule has 0 aliphatic carbocycles. The zero-order chi connectivity index (χ0) is 24.8. The third-order valence-electron chi connectivity index (χ3n) is 5.96. The number of aromatic nitrogens is 1. The number of hydrogen-bond acceptors (Lipinski definition) is 6. The number of hydrazone groups is 1. The predicted molar refractivity (Wildman–Crippen MR) is 134 cm³/mol. The van der Waals surface area contributed by atoms with E-state index in [1.54, 1.807) is 38.7 Å². The Hall–Kier alpha value is -4.20. The molecule has 2 aromatic carbocycles. The number of hydrogen-bond donors (Lipinski definition) is 1. The van der Waals surface area contributed by atoms with Crippen molar-refractivity contribution in [1.82, 2.24) is 9.99 Å². The minimum atomic E-state index is -0.224. The Morgan fingerprint density at radius 3 is 2.54 bits per heavy atom. The molecule has 0 radical (unpaired) electrons. The number of carbonyl (C=O) groups excluding carboxylic acids is 2. The molecule has 35 heavy (non-hydrogen) atoms. The van der Waals surface area contributed by atoms with Crippen molar-refractivity contribution < 1.29 is 19.1 Å². The van der Waals surface area contributed by atoms with Gasteiger partial charge in [-0.25, -0.2) is 5.01 Å². The molecule has 4 rings (SSSR count). The summed E-state index contributed by atoms with van der Waals surface area (Å²) in [5.41, 5.74) is 3.76. The normalized spacial score (nSPS) is 15.4. The highest BCUT2D eigenvalue weighted by Crippen LogP contribution is 2.31. The van der Waals surface area contributed by atoms with Crippen LogP contribution in [0, 0.1) is 5.92 Å². The number of benzene rings is 2. The van der Waals surface area contributed by atoms with Gasteiger partial charge < -0.3 is 14.8 Å². The van der Waals surface area contributed by atoms with E-state index in [1.807, 2.05) is 42.5 Å². The molecule has 0 saturated heterocycles. The van der Waals surface area contributed by atoms with Crippen LogP contribution in [0.4, 0.5) is 5.69 Å². The third-order valence-corrected chi connectivity index (χ3v) is 5.96. The van der Waals surface area contributed by atoms with Gasteiger partial charge in [0.1, 0.15) is 0 Å². The number of carbonyl (C=O) groups is 2. The van der Waals surface area contributed by atoms with Crippen LogP contribution in [-0.2, 0) is 11.3 Å². The van der Waals surface area contributed by atoms with Gasteiger partial charge in [0.05, 0.1) is 26.5 Å². The van der Waals surface area contributed by atoms with E-state index in [0.29, 0.717) is 35.7 Å². The zero-order valence-corrected chi connectivity index (χ0v) is 20.0. The maximum Gasteiger partial charge on any atom is 0.255 e. The first kappa shape index (κ1) is 23.9. The van der Waals surface area contributed by atoms with Crippen LogP contribution in [0.2, 0.25) is 0 Å². The molecule has 180 valence electrons. The summed E-state index contributed by atoms with van der Waals surface area (Å²) >= 11 is 0. The lowest BCUT2D eigenvalue weighted by molar-refractivity contribution is -0.133. The minimum Gasteiger partial charge on any atom is -0.493 e. The number of pyridine rings is 1. The molecule has 1 atom stereocenters. The van der Waals surface area contributed by atoms with Gasteiger partial charge >= 0.3 is 0 Å². The summed E-state index contributed by atoms with van der Waals surface area (Å²) in [6.45, 7) is 2.35. The monoisotopic (exact) mass is 472 g/mol. The Morgan fingerprint density at radius 2 is 1.83 bits per heavy atom. The second-order valence-electron chi connectivity index (χ2n) is 8.21. The van der Waals surface area contributed by atoms with Crippen molar-refractivity contribution in [2.75, 3.05) is 19.5 Å². The summed E-state index contributed by atoms with van der Waals surface area (Å²) in [5.74, 6) is 1.01. The van der Waals surface area contributed by atoms with E-state index in [4.69, 9.17) is 14.6 Å². The van der Waals surface area contributed by atoms with Gasteiger partial charge in [-0.3, -0.25) is 14.6 Å². The molecule has 0 saturated carbocycles. The molecule has 1 unspecified atom stereocenters. The third kappa shape index (κ3) is 5.48. The van der Waals surface area contributed by atoms with Gasteiger partial charge in [-0.2, -0.15) is 5.10 Å². The quantitative estimate of drug-likeness (QED) is 0.521. The van der Waals surface area contributed by atoms with Gasteiger partial charge in [-0.15, -0.1) is 0 Å². The second-order valence-corrected chi connectivity index (χ2v) is 8.21. The predicted octanol–water partition coefficient (Wildman–Crippen LogP) is 4.51. The molecule has 1 aromatic heterocycles. The Morgan fingerprint density at radius 1 is 1.06 bits per heavy atom. The smallest absolute Gasteiger partial charge is 0.255 e. The van der Waals surface area contributed by atoms with E-state index in [0.717, 1.165) is 23.3 Å². The van der Waals surface area contributed by atoms with Gasteiger partial charge in [-0.1, -0.05) is 19.1 Å². The summed E-state index contributed by atoms with van der Waals surface area (Å²) in [6.07, 6.45) is 4.32. The van der Waals surface area contributed by atoms with Crippen LogP contribution in [-0.4, -0.2) is 41.7 Å². The summed E-state index contributed by atoms with van der Waals surface area (Å²) in [7, 11) is 3.19. The maximum atomic E-state index is 12.9. The van der Waals surface area contributed by atoms with E-state index in [-0.39, 0.29) is 17.7 Å². The Balaban J connectivity index is 1.57. The van der Waals surface area contributed by atoms with Crippen molar-refractivity contribution in [3.63, 3.8) is 0 Å². The lowest BCUT2D eigenvalue weighted by Crippen LogP contribution is -2.36. The van der Waals surface area contributed by atoms with Crippen LogP contribution in [0.1, 0.15) is 41.3 Å². The van der Waals surface area contributed by atoms with Crippen LogP contribution < -0.4 is 14.8 Å². The van der Waals surface area contributed by atoms with Crippen LogP contribution >= 0.6 is 0 Å². The molecule has 1 aliphatic rings. The molecular weight excluding hydrogens is 444 g/mol. The highest BCUT2D eigenvalue weighted by molar-refractivity contribution is 6.06. The van der Waals surface area contributed by atoms with Crippen molar-refractivity contribution in [3.8, 4) is 11.5 Å². The molecular formula is C27H28N4O4. The Kier molecular flexibility index (Phi) is 7.40. The van der Waals surface area contributed by atoms with E-state index in [9.17, 15) is 9.59 Å². The fourth-order valence-corrected chi connectivity index (χ4v) is 4.06. The van der Waals surface area contributed by atoms with Crippen molar-refractivity contribution in [1.29, 1.82) is 0 Å². The molecule has 0 bridgehead atoms. The van der Waals surface area contributed by atoms with Crippen molar-refractivity contribution in [3.05, 3.63) is 83.7 Å². The first-order valence-corrected chi connectivity index (χ1v) is 11.4. The van der Waals surface area contributed by atoms with Gasteiger partial charge in [0.25, 0.3) is 5.91 Å². The topological polar surface area (TPSA) is 93.1 Å². The number of nitrogens with zero attached hydrogens (tertiary/aromatic N) is 3. The number of nitrogens with one attached hydrogen (secondary N) is 1. The second kappa shape index (κ2) is 10.8. The van der Waals surface area contributed by atoms with Crippen molar-refractivity contribution in [2.45, 2.75) is 26.3 Å². The molecule has 0 fully saturated rings. The molecule has 8 heteroatoms. The van der Waals surface area contributed by atoms with Gasteiger partial charge in [-0.05, 0) is 54.4 Å². The summed E-state index contributed by atoms with van der Waals surface area (Å²) in [5, 5.41) is 9.15. The summed E-state index contributed by atoms with van der Waals surface area (Å²) in [4.78, 5) is 29.3. The number of amides is 2. The molecule has 1 aliphatic heterocycles. The molecule has 1 N–H and O–H groups in total. The Bertz CT molecular complexity index is 1240. The lowest BCUT2D eigenvalue weighted by atomic mass is 9.89. The van der Waals surface area contributed by atoms with Crippen LogP contribution in [0.3, 0.4) is 0 Å². The van der Waals surface area contributed by atoms with Gasteiger partial charge in [0.15, 0.2) is 11.5 Å². The van der Waals surface area contributed by atoms with Crippen LogP contribution in [0.5, 0.6) is 11.5 Å². The fraction of sp³-hybridized carbons (Fsp3) is 0.259. The standard InChI is InChI=1S/C27H28N4O4/c1-4-19-16-25(32)31(30-26(19)21-8-9-23(34-2)24(15-21)35-3)17-18-6-5-7-22(14-18)29-27(33)20-10-12-28-13-11-20/h5-15,19H,4,16-17H2,1-3H3,(H,29,33). The SMILES string of the molecule is CCC1CC(=O)N(Cc2cccc(NC(=O)c3ccncc3)c2)N=C1c1ccc(OC)c(OC)c1. The fourth-order valence-electron chi connectivity index (χ4n) is 4.06. The maximum absolute atomic E-state index is 12.9. The molecule has 3 aromatic rings. The van der Waals surface area contributed by atoms with Crippen LogP contribution in [0.25, 0.3) is 0 Å². The van der Waals surface area contributed by atoms with E-state index < -0.39 is 0 Å². The van der Waals surface area contributed by atoms with Gasteiger partial charge in [0.2, 0.25) is 5.91 Å². The minimum absolute atomic E-state index is 0.0165. The first-order chi connectivity index (χ1) is 17.0. The average Bonchev–Trinajstić information content (AvgIpc) is 2.89. The number of rotatable bonds is 8. The summed E-state index contributed by atoms with van der Waals surface area (Å²) in [6, 6.07) is 16.4. The lowest BCUT2D eigenvalue weighted by Gasteiger charge is -2.29. The van der Waals surface area contributed by atoms with E-state index >= 15 is 0 Å². The Labute approximate surface area is 204 Å². The average molecular weight is 473 g/mol. The van der Waals surface area contributed by atoms with Gasteiger partial charge in [0, 0.05) is 41.5 Å². The number of ether oxygens (including phenoxy) is 2. The highest BCUT2D eigenvalue weighted by Gasteiger charge is 2.29. The van der Waals surface area contributed by atoms with Crippen molar-refractivity contribution in [2.24, 2.45) is 11.0 Å². The van der Waals surface area contributed by atoms with Crippen molar-refractivity contribution >= 4 is 23.2 Å². The molecule has 2 amide bonds.